The standard InChI is InChI=1S/C20H26N4O2/c1-15(2)20(26)24-11-4-8-18(24)19(25)21-13-16-6-3-7-17(12-16)14-23-10-5-9-22-23/h3,5-7,9-10,12,15,18H,4,8,11,13-14H2,1-2H3,(H,21,25). The van der Waals surface area contributed by atoms with Gasteiger partial charge in [0.1, 0.15) is 6.04 Å². The first-order valence-corrected chi connectivity index (χ1v) is 9.18. The van der Waals surface area contributed by atoms with E-state index >= 15 is 0 Å². The molecule has 2 amide bonds. The lowest BCUT2D eigenvalue weighted by Crippen LogP contribution is -2.47. The Balaban J connectivity index is 1.58. The van der Waals surface area contributed by atoms with Crippen molar-refractivity contribution in [3.63, 3.8) is 0 Å². The van der Waals surface area contributed by atoms with Crippen molar-refractivity contribution >= 4 is 11.8 Å². The summed E-state index contributed by atoms with van der Waals surface area (Å²) >= 11 is 0. The Hall–Kier alpha value is -2.63. The van der Waals surface area contributed by atoms with Crippen LogP contribution in [-0.2, 0) is 22.7 Å². The number of nitrogens with one attached hydrogen (secondary N) is 1. The minimum Gasteiger partial charge on any atom is -0.350 e. The van der Waals surface area contributed by atoms with E-state index in [1.54, 1.807) is 11.1 Å². The van der Waals surface area contributed by atoms with Crippen molar-refractivity contribution in [2.24, 2.45) is 5.92 Å². The molecule has 1 aliphatic heterocycles. The van der Waals surface area contributed by atoms with Gasteiger partial charge < -0.3 is 10.2 Å². The highest BCUT2D eigenvalue weighted by Gasteiger charge is 2.34. The molecule has 3 rings (SSSR count). The second-order valence-electron chi connectivity index (χ2n) is 7.09. The number of likely N-dealkylation sites (tertiary alicyclic amines) is 1. The smallest absolute Gasteiger partial charge is 0.243 e. The highest BCUT2D eigenvalue weighted by Crippen LogP contribution is 2.20. The molecule has 2 heterocycles. The summed E-state index contributed by atoms with van der Waals surface area (Å²) in [5.74, 6) is -0.0831. The molecule has 1 unspecified atom stereocenters. The molecule has 0 spiro atoms. The maximum Gasteiger partial charge on any atom is 0.243 e. The van der Waals surface area contributed by atoms with Gasteiger partial charge >= 0.3 is 0 Å². The molecule has 6 nitrogen and oxygen atoms in total. The van der Waals surface area contributed by atoms with Gasteiger partial charge in [-0.3, -0.25) is 14.3 Å². The number of carbonyl (C=O) groups is 2. The Morgan fingerprint density at radius 3 is 2.81 bits per heavy atom. The fraction of sp³-hybridized carbons (Fsp3) is 0.450. The maximum absolute atomic E-state index is 12.6. The van der Waals surface area contributed by atoms with Gasteiger partial charge in [-0.15, -0.1) is 0 Å². The van der Waals surface area contributed by atoms with Crippen LogP contribution in [0.25, 0.3) is 0 Å². The molecule has 1 aliphatic rings. The van der Waals surface area contributed by atoms with Crippen LogP contribution in [0.4, 0.5) is 0 Å². The Labute approximate surface area is 154 Å². The first-order valence-electron chi connectivity index (χ1n) is 9.18. The summed E-state index contributed by atoms with van der Waals surface area (Å²) in [6.45, 7) is 5.59. The number of hydrogen-bond donors (Lipinski definition) is 1. The molecule has 26 heavy (non-hydrogen) atoms. The van der Waals surface area contributed by atoms with E-state index in [0.717, 1.165) is 24.0 Å². The lowest BCUT2D eigenvalue weighted by Gasteiger charge is -2.25. The zero-order valence-corrected chi connectivity index (χ0v) is 15.4. The van der Waals surface area contributed by atoms with Gasteiger partial charge in [0.25, 0.3) is 0 Å². The predicted octanol–water partition coefficient (Wildman–Crippen LogP) is 2.19. The number of benzene rings is 1. The van der Waals surface area contributed by atoms with Gasteiger partial charge in [0.15, 0.2) is 0 Å². The Kier molecular flexibility index (Phi) is 5.71. The summed E-state index contributed by atoms with van der Waals surface area (Å²) in [4.78, 5) is 26.6. The zero-order chi connectivity index (χ0) is 18.5. The lowest BCUT2D eigenvalue weighted by molar-refractivity contribution is -0.140. The van der Waals surface area contributed by atoms with Gasteiger partial charge in [-0.25, -0.2) is 0 Å². The quantitative estimate of drug-likeness (QED) is 0.865. The molecule has 138 valence electrons. The fourth-order valence-corrected chi connectivity index (χ4v) is 3.36. The van der Waals surface area contributed by atoms with Crippen LogP contribution in [0.15, 0.2) is 42.7 Å². The van der Waals surface area contributed by atoms with E-state index in [-0.39, 0.29) is 23.8 Å². The van der Waals surface area contributed by atoms with Crippen molar-refractivity contribution in [2.45, 2.75) is 45.8 Å². The SMILES string of the molecule is CC(C)C(=O)N1CCCC1C(=O)NCc1cccc(Cn2cccn2)c1. The van der Waals surface area contributed by atoms with Crippen LogP contribution in [0.5, 0.6) is 0 Å². The molecule has 1 fully saturated rings. The molecule has 2 aromatic rings. The summed E-state index contributed by atoms with van der Waals surface area (Å²) in [5, 5.41) is 7.21. The van der Waals surface area contributed by atoms with Crippen LogP contribution in [0.2, 0.25) is 0 Å². The second kappa shape index (κ2) is 8.17. The van der Waals surface area contributed by atoms with Gasteiger partial charge in [-0.05, 0) is 30.0 Å². The molecule has 1 atom stereocenters. The van der Waals surface area contributed by atoms with E-state index in [1.807, 2.05) is 49.0 Å². The van der Waals surface area contributed by atoms with Crippen molar-refractivity contribution < 1.29 is 9.59 Å². The van der Waals surface area contributed by atoms with Crippen LogP contribution in [-0.4, -0.2) is 39.1 Å². The number of carbonyl (C=O) groups excluding carboxylic acids is 2. The van der Waals surface area contributed by atoms with Gasteiger partial charge in [0, 0.05) is 31.4 Å². The Bertz CT molecular complexity index is 755. The van der Waals surface area contributed by atoms with Gasteiger partial charge in [0.05, 0.1) is 6.54 Å². The summed E-state index contributed by atoms with van der Waals surface area (Å²) in [6, 6.07) is 9.68. The third-order valence-corrected chi connectivity index (χ3v) is 4.69. The highest BCUT2D eigenvalue weighted by atomic mass is 16.2. The average molecular weight is 354 g/mol. The van der Waals surface area contributed by atoms with Crippen molar-refractivity contribution in [1.29, 1.82) is 0 Å². The molecule has 6 heteroatoms. The number of rotatable bonds is 6. The second-order valence-corrected chi connectivity index (χ2v) is 7.09. The van der Waals surface area contributed by atoms with Crippen LogP contribution in [0, 0.1) is 5.92 Å². The molecule has 1 saturated heterocycles. The molecule has 0 aliphatic carbocycles. The molecule has 0 radical (unpaired) electrons. The lowest BCUT2D eigenvalue weighted by atomic mass is 10.1. The Morgan fingerprint density at radius 2 is 2.08 bits per heavy atom. The van der Waals surface area contributed by atoms with Gasteiger partial charge in [-0.1, -0.05) is 38.1 Å². The zero-order valence-electron chi connectivity index (χ0n) is 15.4. The fourth-order valence-electron chi connectivity index (χ4n) is 3.36. The monoisotopic (exact) mass is 354 g/mol. The summed E-state index contributed by atoms with van der Waals surface area (Å²) < 4.78 is 1.87. The van der Waals surface area contributed by atoms with E-state index in [1.165, 1.54) is 0 Å². The summed E-state index contributed by atoms with van der Waals surface area (Å²) in [6.07, 6.45) is 5.31. The highest BCUT2D eigenvalue weighted by molar-refractivity contribution is 5.88. The van der Waals surface area contributed by atoms with Crippen LogP contribution in [0.3, 0.4) is 0 Å². The number of aromatic nitrogens is 2. The van der Waals surface area contributed by atoms with E-state index in [2.05, 4.69) is 16.5 Å². The predicted molar refractivity (Wildman–Crippen MR) is 99.2 cm³/mol. The summed E-state index contributed by atoms with van der Waals surface area (Å²) in [5.41, 5.74) is 2.18. The minimum atomic E-state index is -0.336. The van der Waals surface area contributed by atoms with E-state index in [4.69, 9.17) is 0 Å². The van der Waals surface area contributed by atoms with Crippen molar-refractivity contribution in [3.8, 4) is 0 Å². The molecule has 0 saturated carbocycles. The Morgan fingerprint density at radius 1 is 1.27 bits per heavy atom. The molecular formula is C20H26N4O2. The van der Waals surface area contributed by atoms with Crippen LogP contribution >= 0.6 is 0 Å². The van der Waals surface area contributed by atoms with Gasteiger partial charge in [-0.2, -0.15) is 5.10 Å². The molecule has 1 aromatic carbocycles. The van der Waals surface area contributed by atoms with Gasteiger partial charge in [0.2, 0.25) is 11.8 Å². The molecule has 0 bridgehead atoms. The van der Waals surface area contributed by atoms with Crippen molar-refractivity contribution in [1.82, 2.24) is 20.0 Å². The normalized spacial score (nSPS) is 16.9. The summed E-state index contributed by atoms with van der Waals surface area (Å²) in [7, 11) is 0. The molecule has 1 aromatic heterocycles. The molecular weight excluding hydrogens is 328 g/mol. The number of hydrogen-bond acceptors (Lipinski definition) is 3. The number of nitrogens with zero attached hydrogens (tertiary/aromatic N) is 3. The maximum atomic E-state index is 12.6. The number of amides is 2. The van der Waals surface area contributed by atoms with Crippen molar-refractivity contribution in [3.05, 3.63) is 53.9 Å². The van der Waals surface area contributed by atoms with Crippen molar-refractivity contribution in [2.75, 3.05) is 6.54 Å². The minimum absolute atomic E-state index is 0.0591. The first kappa shape index (κ1) is 18.2. The third kappa shape index (κ3) is 4.31. The van der Waals surface area contributed by atoms with E-state index < -0.39 is 0 Å². The third-order valence-electron chi connectivity index (χ3n) is 4.69. The average Bonchev–Trinajstić information content (AvgIpc) is 3.31. The molecule has 1 N–H and O–H groups in total. The van der Waals surface area contributed by atoms with E-state index in [9.17, 15) is 9.59 Å². The topological polar surface area (TPSA) is 67.2 Å². The first-order chi connectivity index (χ1) is 12.5. The van der Waals surface area contributed by atoms with Crippen LogP contribution < -0.4 is 5.32 Å². The largest absolute Gasteiger partial charge is 0.350 e. The van der Waals surface area contributed by atoms with Crippen LogP contribution in [0.1, 0.15) is 37.8 Å². The van der Waals surface area contributed by atoms with E-state index in [0.29, 0.717) is 19.6 Å².